The number of pyridine rings is 1. The molecule has 0 atom stereocenters. The van der Waals surface area contributed by atoms with Crippen LogP contribution >= 0.6 is 11.3 Å². The van der Waals surface area contributed by atoms with Gasteiger partial charge in [-0.15, -0.1) is 11.3 Å². The maximum absolute atomic E-state index is 6.37. The minimum absolute atomic E-state index is 0.688. The predicted octanol–water partition coefficient (Wildman–Crippen LogP) is 13.1. The van der Waals surface area contributed by atoms with Crippen molar-refractivity contribution in [3.05, 3.63) is 164 Å². The summed E-state index contributed by atoms with van der Waals surface area (Å²) in [6, 6.07) is 57.0. The Hall–Kier alpha value is -6.69. The van der Waals surface area contributed by atoms with Crippen molar-refractivity contribution in [3.8, 4) is 45.2 Å². The number of nitrogens with zero attached hydrogens (tertiary/aromatic N) is 3. The molecular formula is C47H27N3OS. The number of rotatable bonds is 4. The van der Waals surface area contributed by atoms with E-state index in [4.69, 9.17) is 19.4 Å². The summed E-state index contributed by atoms with van der Waals surface area (Å²) in [5.74, 6) is 0.688. The van der Waals surface area contributed by atoms with Crippen LogP contribution in [0.15, 0.2) is 168 Å². The van der Waals surface area contributed by atoms with Crippen molar-refractivity contribution in [3.63, 3.8) is 0 Å². The lowest BCUT2D eigenvalue weighted by molar-refractivity contribution is 0.669. The van der Waals surface area contributed by atoms with Gasteiger partial charge in [-0.25, -0.2) is 15.0 Å². The molecule has 4 nitrogen and oxygen atoms in total. The summed E-state index contributed by atoms with van der Waals surface area (Å²) in [6.45, 7) is 0. The summed E-state index contributed by atoms with van der Waals surface area (Å²) in [4.78, 5) is 15.8. The third-order valence-corrected chi connectivity index (χ3v) is 11.2. The number of fused-ring (bicyclic) bond motifs is 10. The van der Waals surface area contributed by atoms with Crippen LogP contribution in [0.2, 0.25) is 0 Å². The number of thiophene rings is 1. The van der Waals surface area contributed by atoms with Gasteiger partial charge < -0.3 is 4.42 Å². The minimum atomic E-state index is 0.688. The van der Waals surface area contributed by atoms with Crippen molar-refractivity contribution < 1.29 is 4.42 Å². The predicted molar refractivity (Wildman–Crippen MR) is 217 cm³/mol. The monoisotopic (exact) mass is 681 g/mol. The normalized spacial score (nSPS) is 11.8. The molecule has 0 aliphatic carbocycles. The highest BCUT2D eigenvalue weighted by Crippen LogP contribution is 2.43. The Balaban J connectivity index is 1.20. The standard InChI is InChI=1S/C47H27N3OS/c1-3-12-28(13-4-1)46-35-24-25-40-45(33-16-7-9-19-39(33)51-40)44(35)32-23-22-30(26-37(32)48-46)36-27-38(50-47(49-36)29-14-5-2-6-15-29)31-18-11-21-42-43(31)34-17-8-10-20-41(34)52-42/h1-27H. The van der Waals surface area contributed by atoms with Gasteiger partial charge in [0, 0.05) is 69.4 Å². The highest BCUT2D eigenvalue weighted by Gasteiger charge is 2.19. The van der Waals surface area contributed by atoms with Gasteiger partial charge >= 0.3 is 0 Å². The number of furan rings is 1. The van der Waals surface area contributed by atoms with Gasteiger partial charge in [0.15, 0.2) is 5.82 Å². The first-order chi connectivity index (χ1) is 25.8. The van der Waals surface area contributed by atoms with Crippen molar-refractivity contribution in [2.75, 3.05) is 0 Å². The minimum Gasteiger partial charge on any atom is -0.456 e. The molecule has 4 heterocycles. The third kappa shape index (κ3) is 4.50. The first-order valence-corrected chi connectivity index (χ1v) is 18.2. The SMILES string of the molecule is c1ccc(-c2nc(-c3ccc4c(c3)nc(-c3ccccc3)c3ccc5oc6ccccc6c5c34)cc(-c3cccc4sc5ccccc5c34)n2)cc1. The van der Waals surface area contributed by atoms with E-state index in [1.165, 1.54) is 20.2 Å². The number of aromatic nitrogens is 3. The molecule has 5 heteroatoms. The Labute approximate surface area is 302 Å². The highest BCUT2D eigenvalue weighted by molar-refractivity contribution is 7.25. The second-order valence-electron chi connectivity index (χ2n) is 13.1. The Kier molecular flexibility index (Phi) is 6.39. The Morgan fingerprint density at radius 2 is 1.12 bits per heavy atom. The zero-order chi connectivity index (χ0) is 34.2. The van der Waals surface area contributed by atoms with E-state index in [0.29, 0.717) is 5.82 Å². The van der Waals surface area contributed by atoms with E-state index in [-0.39, 0.29) is 0 Å². The van der Waals surface area contributed by atoms with Crippen molar-refractivity contribution in [2.24, 2.45) is 0 Å². The molecule has 242 valence electrons. The maximum atomic E-state index is 6.37. The average molecular weight is 682 g/mol. The molecule has 7 aromatic carbocycles. The average Bonchev–Trinajstić information content (AvgIpc) is 3.79. The quantitative estimate of drug-likeness (QED) is 0.174. The van der Waals surface area contributed by atoms with E-state index in [9.17, 15) is 0 Å². The first-order valence-electron chi connectivity index (χ1n) is 17.4. The number of hydrogen-bond acceptors (Lipinski definition) is 5. The lowest BCUT2D eigenvalue weighted by atomic mass is 9.95. The largest absolute Gasteiger partial charge is 0.456 e. The summed E-state index contributed by atoms with van der Waals surface area (Å²) < 4.78 is 8.88. The van der Waals surface area contributed by atoms with E-state index in [1.807, 2.05) is 47.7 Å². The molecule has 52 heavy (non-hydrogen) atoms. The molecule has 0 saturated heterocycles. The van der Waals surface area contributed by atoms with Crippen molar-refractivity contribution in [2.45, 2.75) is 0 Å². The van der Waals surface area contributed by atoms with E-state index in [2.05, 4.69) is 127 Å². The van der Waals surface area contributed by atoms with Gasteiger partial charge in [0.1, 0.15) is 11.2 Å². The van der Waals surface area contributed by atoms with Crippen LogP contribution in [-0.4, -0.2) is 15.0 Å². The van der Waals surface area contributed by atoms with Gasteiger partial charge in [0.05, 0.1) is 22.6 Å². The van der Waals surface area contributed by atoms with Gasteiger partial charge in [-0.2, -0.15) is 0 Å². The maximum Gasteiger partial charge on any atom is 0.160 e. The molecule has 0 saturated carbocycles. The molecule has 11 aromatic rings. The first kappa shape index (κ1) is 29.1. The highest BCUT2D eigenvalue weighted by atomic mass is 32.1. The van der Waals surface area contributed by atoms with E-state index >= 15 is 0 Å². The second-order valence-corrected chi connectivity index (χ2v) is 14.2. The number of hydrogen-bond donors (Lipinski definition) is 0. The number of para-hydroxylation sites is 1. The third-order valence-electron chi connectivity index (χ3n) is 10.1. The van der Waals surface area contributed by atoms with Crippen LogP contribution in [0.5, 0.6) is 0 Å². The van der Waals surface area contributed by atoms with Crippen molar-refractivity contribution >= 4 is 75.1 Å². The molecule has 0 fully saturated rings. The fraction of sp³-hybridized carbons (Fsp3) is 0. The molecule has 11 rings (SSSR count). The van der Waals surface area contributed by atoms with Gasteiger partial charge in [0.25, 0.3) is 0 Å². The van der Waals surface area contributed by atoms with Crippen molar-refractivity contribution in [1.29, 1.82) is 0 Å². The fourth-order valence-electron chi connectivity index (χ4n) is 7.72. The lowest BCUT2D eigenvalue weighted by Crippen LogP contribution is -1.97. The summed E-state index contributed by atoms with van der Waals surface area (Å²) in [6.07, 6.45) is 0. The number of benzene rings is 7. The van der Waals surface area contributed by atoms with Crippen LogP contribution in [0, 0.1) is 0 Å². The van der Waals surface area contributed by atoms with Crippen LogP contribution in [-0.2, 0) is 0 Å². The van der Waals surface area contributed by atoms with Crippen molar-refractivity contribution in [1.82, 2.24) is 15.0 Å². The fourth-order valence-corrected chi connectivity index (χ4v) is 8.86. The van der Waals surface area contributed by atoms with Gasteiger partial charge in [-0.1, -0.05) is 121 Å². The topological polar surface area (TPSA) is 51.8 Å². The van der Waals surface area contributed by atoms with Gasteiger partial charge in [-0.3, -0.25) is 0 Å². The molecule has 0 amide bonds. The summed E-state index contributed by atoms with van der Waals surface area (Å²) in [5.41, 5.74) is 9.43. The lowest BCUT2D eigenvalue weighted by Gasteiger charge is -2.13. The van der Waals surface area contributed by atoms with E-state index in [1.54, 1.807) is 0 Å². The van der Waals surface area contributed by atoms with Gasteiger partial charge in [-0.05, 0) is 42.5 Å². The molecular weight excluding hydrogens is 655 g/mol. The molecule has 0 spiro atoms. The molecule has 0 unspecified atom stereocenters. The molecule has 0 bridgehead atoms. The zero-order valence-corrected chi connectivity index (χ0v) is 28.6. The van der Waals surface area contributed by atoms with Crippen LogP contribution < -0.4 is 0 Å². The van der Waals surface area contributed by atoms with Crippen LogP contribution in [0.3, 0.4) is 0 Å². The Morgan fingerprint density at radius 1 is 0.404 bits per heavy atom. The molecule has 0 aliphatic rings. The summed E-state index contributed by atoms with van der Waals surface area (Å²) >= 11 is 1.82. The van der Waals surface area contributed by atoms with E-state index < -0.39 is 0 Å². The smallest absolute Gasteiger partial charge is 0.160 e. The van der Waals surface area contributed by atoms with Gasteiger partial charge in [0.2, 0.25) is 0 Å². The van der Waals surface area contributed by atoms with Crippen LogP contribution in [0.25, 0.3) is 109 Å². The van der Waals surface area contributed by atoms with Crippen LogP contribution in [0.1, 0.15) is 0 Å². The molecule has 0 N–H and O–H groups in total. The zero-order valence-electron chi connectivity index (χ0n) is 27.7. The molecule has 0 radical (unpaired) electrons. The Bertz CT molecular complexity index is 3180. The summed E-state index contributed by atoms with van der Waals surface area (Å²) in [5, 5.41) is 7.98. The second kappa shape index (κ2) is 11.4. The summed E-state index contributed by atoms with van der Waals surface area (Å²) in [7, 11) is 0. The molecule has 4 aromatic heterocycles. The molecule has 0 aliphatic heterocycles. The van der Waals surface area contributed by atoms with Crippen LogP contribution in [0.4, 0.5) is 0 Å². The Morgan fingerprint density at radius 3 is 1.98 bits per heavy atom. The van der Waals surface area contributed by atoms with E-state index in [0.717, 1.165) is 82.9 Å².